The van der Waals surface area contributed by atoms with Crippen molar-refractivity contribution in [2.45, 2.75) is 45.1 Å². The zero-order valence-electron chi connectivity index (χ0n) is 8.94. The van der Waals surface area contributed by atoms with Crippen LogP contribution in [0.5, 0.6) is 0 Å². The van der Waals surface area contributed by atoms with E-state index in [0.717, 1.165) is 5.76 Å². The molecular formula is C10H16O4. The first kappa shape index (κ1) is 9.96. The van der Waals surface area contributed by atoms with Crippen LogP contribution < -0.4 is 0 Å². The molecule has 4 heteroatoms. The summed E-state index contributed by atoms with van der Waals surface area (Å²) in [5.74, 6) is 0.247. The van der Waals surface area contributed by atoms with Gasteiger partial charge in [-0.05, 0) is 26.8 Å². The standard InChI is InChI=1S/C10H16O4/c1-5-6-7-8(9(11-4)12-6)14-10(2,3)13-7/h5,7-9H,1-4H3/b6-5-/t7-,8-,9?/m0/s1. The lowest BCUT2D eigenvalue weighted by molar-refractivity contribution is -0.201. The quantitative estimate of drug-likeness (QED) is 0.641. The van der Waals surface area contributed by atoms with E-state index >= 15 is 0 Å². The van der Waals surface area contributed by atoms with E-state index in [1.165, 1.54) is 0 Å². The van der Waals surface area contributed by atoms with Crippen molar-refractivity contribution in [2.24, 2.45) is 0 Å². The Hall–Kier alpha value is -0.580. The van der Waals surface area contributed by atoms with E-state index in [-0.39, 0.29) is 18.5 Å². The van der Waals surface area contributed by atoms with Crippen molar-refractivity contribution in [1.29, 1.82) is 0 Å². The van der Waals surface area contributed by atoms with E-state index in [0.29, 0.717) is 0 Å². The molecule has 80 valence electrons. The van der Waals surface area contributed by atoms with Gasteiger partial charge in [-0.15, -0.1) is 0 Å². The second-order valence-electron chi connectivity index (χ2n) is 3.93. The minimum atomic E-state index is -0.551. The fourth-order valence-electron chi connectivity index (χ4n) is 1.89. The summed E-state index contributed by atoms with van der Waals surface area (Å²) in [5.41, 5.74) is 0. The molecule has 0 aromatic carbocycles. The Kier molecular flexibility index (Phi) is 2.29. The van der Waals surface area contributed by atoms with Gasteiger partial charge in [0.2, 0.25) is 6.29 Å². The first-order valence-electron chi connectivity index (χ1n) is 4.78. The highest BCUT2D eigenvalue weighted by Gasteiger charge is 2.53. The van der Waals surface area contributed by atoms with Crippen molar-refractivity contribution in [3.8, 4) is 0 Å². The number of allylic oxidation sites excluding steroid dienone is 1. The summed E-state index contributed by atoms with van der Waals surface area (Å²) in [6.45, 7) is 5.70. The van der Waals surface area contributed by atoms with Gasteiger partial charge in [0.15, 0.2) is 18.0 Å². The molecular weight excluding hydrogens is 184 g/mol. The molecule has 0 aromatic heterocycles. The Balaban J connectivity index is 2.21. The highest BCUT2D eigenvalue weighted by molar-refractivity contribution is 5.11. The molecule has 2 aliphatic heterocycles. The fraction of sp³-hybridized carbons (Fsp3) is 0.800. The first-order valence-corrected chi connectivity index (χ1v) is 4.78. The number of rotatable bonds is 1. The Morgan fingerprint density at radius 3 is 2.64 bits per heavy atom. The lowest BCUT2D eigenvalue weighted by atomic mass is 10.2. The zero-order chi connectivity index (χ0) is 10.3. The highest BCUT2D eigenvalue weighted by atomic mass is 16.8. The van der Waals surface area contributed by atoms with Crippen LogP contribution in [0.1, 0.15) is 20.8 Å². The Labute approximate surface area is 83.8 Å². The molecule has 2 heterocycles. The fourth-order valence-corrected chi connectivity index (χ4v) is 1.89. The van der Waals surface area contributed by atoms with Crippen molar-refractivity contribution < 1.29 is 18.9 Å². The van der Waals surface area contributed by atoms with Gasteiger partial charge in [-0.25, -0.2) is 0 Å². The average molecular weight is 200 g/mol. The molecule has 0 radical (unpaired) electrons. The molecule has 0 N–H and O–H groups in total. The van der Waals surface area contributed by atoms with Crippen molar-refractivity contribution >= 4 is 0 Å². The second kappa shape index (κ2) is 3.22. The lowest BCUT2D eigenvalue weighted by Gasteiger charge is -2.21. The minimum Gasteiger partial charge on any atom is -0.464 e. The van der Waals surface area contributed by atoms with Gasteiger partial charge in [-0.3, -0.25) is 0 Å². The maximum absolute atomic E-state index is 5.71. The van der Waals surface area contributed by atoms with Gasteiger partial charge in [-0.1, -0.05) is 0 Å². The molecule has 3 atom stereocenters. The van der Waals surface area contributed by atoms with Gasteiger partial charge in [0.05, 0.1) is 0 Å². The largest absolute Gasteiger partial charge is 0.464 e. The van der Waals surface area contributed by atoms with E-state index in [1.807, 2.05) is 26.8 Å². The normalized spacial score (nSPS) is 42.6. The molecule has 4 nitrogen and oxygen atoms in total. The van der Waals surface area contributed by atoms with Crippen LogP contribution in [0.4, 0.5) is 0 Å². The average Bonchev–Trinajstić information content (AvgIpc) is 2.57. The summed E-state index contributed by atoms with van der Waals surface area (Å²) >= 11 is 0. The van der Waals surface area contributed by atoms with Gasteiger partial charge in [0.25, 0.3) is 0 Å². The highest BCUT2D eigenvalue weighted by Crippen LogP contribution is 2.40. The van der Waals surface area contributed by atoms with E-state index in [4.69, 9.17) is 18.9 Å². The van der Waals surface area contributed by atoms with E-state index < -0.39 is 5.79 Å². The van der Waals surface area contributed by atoms with Gasteiger partial charge in [0.1, 0.15) is 5.76 Å². The molecule has 2 rings (SSSR count). The topological polar surface area (TPSA) is 36.9 Å². The van der Waals surface area contributed by atoms with Crippen molar-refractivity contribution in [1.82, 2.24) is 0 Å². The molecule has 0 spiro atoms. The third kappa shape index (κ3) is 1.43. The molecule has 2 saturated heterocycles. The molecule has 0 saturated carbocycles. The molecule has 2 aliphatic rings. The number of methoxy groups -OCH3 is 1. The summed E-state index contributed by atoms with van der Waals surface area (Å²) in [7, 11) is 1.61. The van der Waals surface area contributed by atoms with E-state index in [1.54, 1.807) is 7.11 Å². The predicted octanol–water partition coefficient (Wildman–Crippen LogP) is 1.41. The summed E-state index contributed by atoms with van der Waals surface area (Å²) in [5, 5.41) is 0. The molecule has 0 amide bonds. The number of ether oxygens (including phenoxy) is 4. The zero-order valence-corrected chi connectivity index (χ0v) is 8.94. The maximum Gasteiger partial charge on any atom is 0.228 e. The van der Waals surface area contributed by atoms with Crippen LogP contribution in [0, 0.1) is 0 Å². The number of hydrogen-bond donors (Lipinski definition) is 0. The Morgan fingerprint density at radius 1 is 1.36 bits per heavy atom. The molecule has 0 aliphatic carbocycles. The lowest BCUT2D eigenvalue weighted by Crippen LogP contribution is -2.30. The monoisotopic (exact) mass is 200 g/mol. The van der Waals surface area contributed by atoms with Gasteiger partial charge in [0, 0.05) is 7.11 Å². The smallest absolute Gasteiger partial charge is 0.228 e. The predicted molar refractivity (Wildman–Crippen MR) is 49.5 cm³/mol. The molecule has 0 aromatic rings. The van der Waals surface area contributed by atoms with Crippen LogP contribution in [0.15, 0.2) is 11.8 Å². The van der Waals surface area contributed by atoms with Gasteiger partial charge >= 0.3 is 0 Å². The number of fused-ring (bicyclic) bond motifs is 1. The Morgan fingerprint density at radius 2 is 2.07 bits per heavy atom. The van der Waals surface area contributed by atoms with Crippen molar-refractivity contribution in [3.63, 3.8) is 0 Å². The van der Waals surface area contributed by atoms with Crippen molar-refractivity contribution in [2.75, 3.05) is 7.11 Å². The van der Waals surface area contributed by atoms with Crippen LogP contribution in [0.25, 0.3) is 0 Å². The van der Waals surface area contributed by atoms with E-state index in [2.05, 4.69) is 0 Å². The summed E-state index contributed by atoms with van der Waals surface area (Å²) in [6, 6.07) is 0. The molecule has 0 bridgehead atoms. The van der Waals surface area contributed by atoms with Crippen LogP contribution in [0.3, 0.4) is 0 Å². The third-order valence-corrected chi connectivity index (χ3v) is 2.45. The van der Waals surface area contributed by atoms with E-state index in [9.17, 15) is 0 Å². The molecule has 2 fully saturated rings. The SMILES string of the molecule is C/C=C1\OC(OC)[C@H]2OC(C)(C)O[C@@H]12. The minimum absolute atomic E-state index is 0.125. The molecule has 1 unspecified atom stereocenters. The maximum atomic E-state index is 5.71. The number of hydrogen-bond acceptors (Lipinski definition) is 4. The van der Waals surface area contributed by atoms with Gasteiger partial charge < -0.3 is 18.9 Å². The van der Waals surface area contributed by atoms with Crippen LogP contribution in [-0.2, 0) is 18.9 Å². The van der Waals surface area contributed by atoms with Crippen molar-refractivity contribution in [3.05, 3.63) is 11.8 Å². The summed E-state index contributed by atoms with van der Waals surface area (Å²) in [4.78, 5) is 0. The van der Waals surface area contributed by atoms with Crippen LogP contribution in [-0.4, -0.2) is 31.4 Å². The first-order chi connectivity index (χ1) is 6.57. The Bertz CT molecular complexity index is 259. The van der Waals surface area contributed by atoms with Crippen LogP contribution in [0.2, 0.25) is 0 Å². The van der Waals surface area contributed by atoms with Gasteiger partial charge in [-0.2, -0.15) is 0 Å². The summed E-state index contributed by atoms with van der Waals surface area (Å²) in [6.07, 6.45) is 1.26. The summed E-state index contributed by atoms with van der Waals surface area (Å²) < 4.78 is 22.1. The second-order valence-corrected chi connectivity index (χ2v) is 3.93. The van der Waals surface area contributed by atoms with Crippen LogP contribution >= 0.6 is 0 Å². The third-order valence-electron chi connectivity index (χ3n) is 2.45. The molecule has 14 heavy (non-hydrogen) atoms.